The predicted molar refractivity (Wildman–Crippen MR) is 73.2 cm³/mol. The van der Waals surface area contributed by atoms with Gasteiger partial charge in [0.25, 0.3) is 0 Å². The quantitative estimate of drug-likeness (QED) is 0.789. The molecule has 3 nitrogen and oxygen atoms in total. The minimum absolute atomic E-state index is 0.299. The molecular weight excluding hydrogens is 226 g/mol. The maximum absolute atomic E-state index is 10.8. The van der Waals surface area contributed by atoms with Crippen molar-refractivity contribution in [1.29, 1.82) is 0 Å². The van der Waals surface area contributed by atoms with Crippen LogP contribution < -0.4 is 4.74 Å². The summed E-state index contributed by atoms with van der Waals surface area (Å²) in [5, 5.41) is 1.16. The summed E-state index contributed by atoms with van der Waals surface area (Å²) in [6, 6.07) is 5.99. The summed E-state index contributed by atoms with van der Waals surface area (Å²) in [6.07, 6.45) is 5.73. The molecule has 3 heteroatoms. The van der Waals surface area contributed by atoms with Crippen LogP contribution in [0.25, 0.3) is 10.9 Å². The third-order valence-electron chi connectivity index (χ3n) is 3.38. The minimum atomic E-state index is 0.299. The van der Waals surface area contributed by atoms with Crippen molar-refractivity contribution in [3.63, 3.8) is 0 Å². The number of H-pyrrole nitrogens is 1. The first-order valence-electron chi connectivity index (χ1n) is 6.38. The van der Waals surface area contributed by atoms with Crippen molar-refractivity contribution in [3.8, 4) is 5.75 Å². The van der Waals surface area contributed by atoms with Gasteiger partial charge in [-0.05, 0) is 36.1 Å². The molecule has 0 aliphatic heterocycles. The predicted octanol–water partition coefficient (Wildman–Crippen LogP) is 3.65. The van der Waals surface area contributed by atoms with E-state index in [1.807, 2.05) is 24.4 Å². The van der Waals surface area contributed by atoms with E-state index in [1.165, 1.54) is 5.56 Å². The fourth-order valence-corrected chi connectivity index (χ4v) is 2.45. The minimum Gasteiger partial charge on any atom is -0.497 e. The largest absolute Gasteiger partial charge is 0.497 e. The van der Waals surface area contributed by atoms with Crippen LogP contribution in [0.4, 0.5) is 0 Å². The first-order chi connectivity index (χ1) is 8.80. The summed E-state index contributed by atoms with van der Waals surface area (Å²) >= 11 is 0. The fraction of sp³-hybridized carbons (Fsp3) is 0.400. The van der Waals surface area contributed by atoms with Gasteiger partial charge in [-0.2, -0.15) is 0 Å². The molecule has 0 amide bonds. The standard InChI is InChI=1S/C15H19NO2/c1-3-4-11(7-8-17)14-10-16-15-6-5-12(18-2)9-13(14)15/h5-6,8-11,16H,3-4,7H2,1-2H3/t11-/m0/s1. The molecule has 1 N–H and O–H groups in total. The molecule has 2 rings (SSSR count). The highest BCUT2D eigenvalue weighted by Gasteiger charge is 2.15. The van der Waals surface area contributed by atoms with Crippen LogP contribution >= 0.6 is 0 Å². The Balaban J connectivity index is 2.44. The van der Waals surface area contributed by atoms with E-state index in [9.17, 15) is 4.79 Å². The lowest BCUT2D eigenvalue weighted by Gasteiger charge is -2.12. The number of rotatable bonds is 6. The number of nitrogens with one attached hydrogen (secondary N) is 1. The SMILES string of the molecule is CCC[C@@H](CC=O)c1c[nH]c2ccc(OC)cc12. The number of ether oxygens (including phenoxy) is 1. The number of aromatic nitrogens is 1. The highest BCUT2D eigenvalue weighted by Crippen LogP contribution is 2.32. The summed E-state index contributed by atoms with van der Waals surface area (Å²) in [7, 11) is 1.67. The lowest BCUT2D eigenvalue weighted by molar-refractivity contribution is -0.108. The highest BCUT2D eigenvalue weighted by atomic mass is 16.5. The molecule has 0 saturated carbocycles. The molecule has 0 aliphatic rings. The van der Waals surface area contributed by atoms with Crippen LogP contribution in [0.2, 0.25) is 0 Å². The zero-order chi connectivity index (χ0) is 13.0. The van der Waals surface area contributed by atoms with Gasteiger partial charge in [0.2, 0.25) is 0 Å². The highest BCUT2D eigenvalue weighted by molar-refractivity contribution is 5.85. The Morgan fingerprint density at radius 1 is 1.44 bits per heavy atom. The van der Waals surface area contributed by atoms with Gasteiger partial charge >= 0.3 is 0 Å². The second-order valence-corrected chi connectivity index (χ2v) is 4.54. The van der Waals surface area contributed by atoms with Crippen molar-refractivity contribution in [3.05, 3.63) is 30.0 Å². The number of aldehydes is 1. The van der Waals surface area contributed by atoms with Crippen molar-refractivity contribution in [2.24, 2.45) is 0 Å². The number of fused-ring (bicyclic) bond motifs is 1. The molecule has 0 aliphatic carbocycles. The summed E-state index contributed by atoms with van der Waals surface area (Å²) in [4.78, 5) is 14.1. The normalized spacial score (nSPS) is 12.6. The maximum atomic E-state index is 10.8. The Kier molecular flexibility index (Phi) is 4.03. The van der Waals surface area contributed by atoms with Gasteiger partial charge in [-0.3, -0.25) is 0 Å². The molecule has 18 heavy (non-hydrogen) atoms. The fourth-order valence-electron chi connectivity index (χ4n) is 2.45. The molecule has 96 valence electrons. The van der Waals surface area contributed by atoms with E-state index in [1.54, 1.807) is 7.11 Å². The van der Waals surface area contributed by atoms with Crippen molar-refractivity contribution in [2.45, 2.75) is 32.1 Å². The average molecular weight is 245 g/mol. The van der Waals surface area contributed by atoms with Crippen LogP contribution in [0.15, 0.2) is 24.4 Å². The molecule has 1 atom stereocenters. The molecule has 1 aromatic carbocycles. The van der Waals surface area contributed by atoms with E-state index in [4.69, 9.17) is 4.74 Å². The lowest BCUT2D eigenvalue weighted by atomic mass is 9.91. The number of benzene rings is 1. The molecule has 0 unspecified atom stereocenters. The van der Waals surface area contributed by atoms with Gasteiger partial charge in [-0.15, -0.1) is 0 Å². The van der Waals surface area contributed by atoms with E-state index in [0.29, 0.717) is 12.3 Å². The van der Waals surface area contributed by atoms with Gasteiger partial charge in [0.15, 0.2) is 0 Å². The Morgan fingerprint density at radius 3 is 2.94 bits per heavy atom. The van der Waals surface area contributed by atoms with Crippen LogP contribution in [0.5, 0.6) is 5.75 Å². The van der Waals surface area contributed by atoms with E-state index in [0.717, 1.165) is 35.8 Å². The summed E-state index contributed by atoms with van der Waals surface area (Å²) < 4.78 is 5.26. The molecule has 0 radical (unpaired) electrons. The average Bonchev–Trinajstić information content (AvgIpc) is 2.81. The summed E-state index contributed by atoms with van der Waals surface area (Å²) in [5.74, 6) is 1.15. The van der Waals surface area contributed by atoms with E-state index < -0.39 is 0 Å². The van der Waals surface area contributed by atoms with Gasteiger partial charge in [-0.25, -0.2) is 0 Å². The molecule has 0 spiro atoms. The molecule has 0 bridgehead atoms. The Hall–Kier alpha value is -1.77. The van der Waals surface area contributed by atoms with Crippen molar-refractivity contribution >= 4 is 17.2 Å². The maximum Gasteiger partial charge on any atom is 0.120 e. The first-order valence-corrected chi connectivity index (χ1v) is 6.38. The number of aromatic amines is 1. The number of hydrogen-bond acceptors (Lipinski definition) is 2. The molecule has 1 heterocycles. The van der Waals surface area contributed by atoms with Crippen LogP contribution in [0.1, 0.15) is 37.7 Å². The summed E-state index contributed by atoms with van der Waals surface area (Å²) in [5.41, 5.74) is 2.32. The van der Waals surface area contributed by atoms with Crippen molar-refractivity contribution in [2.75, 3.05) is 7.11 Å². The number of hydrogen-bond donors (Lipinski definition) is 1. The van der Waals surface area contributed by atoms with Crippen LogP contribution in [-0.4, -0.2) is 18.4 Å². The topological polar surface area (TPSA) is 42.1 Å². The van der Waals surface area contributed by atoms with Gasteiger partial charge < -0.3 is 14.5 Å². The van der Waals surface area contributed by atoms with Gasteiger partial charge in [0, 0.05) is 23.5 Å². The molecule has 0 fully saturated rings. The van der Waals surface area contributed by atoms with Gasteiger partial charge in [-0.1, -0.05) is 13.3 Å². The Labute approximate surface area is 107 Å². The number of methoxy groups -OCH3 is 1. The van der Waals surface area contributed by atoms with Gasteiger partial charge in [0.05, 0.1) is 7.11 Å². The van der Waals surface area contributed by atoms with Crippen LogP contribution in [-0.2, 0) is 4.79 Å². The Morgan fingerprint density at radius 2 is 2.28 bits per heavy atom. The second kappa shape index (κ2) is 5.71. The van der Waals surface area contributed by atoms with Crippen molar-refractivity contribution < 1.29 is 9.53 Å². The number of carbonyl (C=O) groups is 1. The molecule has 2 aromatic rings. The van der Waals surface area contributed by atoms with Gasteiger partial charge in [0.1, 0.15) is 12.0 Å². The Bertz CT molecular complexity index is 530. The van der Waals surface area contributed by atoms with E-state index in [2.05, 4.69) is 11.9 Å². The lowest BCUT2D eigenvalue weighted by Crippen LogP contribution is -1.98. The van der Waals surface area contributed by atoms with Crippen molar-refractivity contribution in [1.82, 2.24) is 4.98 Å². The first kappa shape index (κ1) is 12.7. The molecule has 1 aromatic heterocycles. The van der Waals surface area contributed by atoms with E-state index in [-0.39, 0.29) is 0 Å². The number of carbonyl (C=O) groups excluding carboxylic acids is 1. The second-order valence-electron chi connectivity index (χ2n) is 4.54. The third kappa shape index (κ3) is 2.40. The monoisotopic (exact) mass is 245 g/mol. The smallest absolute Gasteiger partial charge is 0.120 e. The van der Waals surface area contributed by atoms with Crippen LogP contribution in [0, 0.1) is 0 Å². The third-order valence-corrected chi connectivity index (χ3v) is 3.38. The zero-order valence-electron chi connectivity index (χ0n) is 10.9. The zero-order valence-corrected chi connectivity index (χ0v) is 10.9. The van der Waals surface area contributed by atoms with E-state index >= 15 is 0 Å². The molecular formula is C15H19NO2. The van der Waals surface area contributed by atoms with Crippen LogP contribution in [0.3, 0.4) is 0 Å². The molecule has 0 saturated heterocycles. The summed E-state index contributed by atoms with van der Waals surface area (Å²) in [6.45, 7) is 2.15.